The summed E-state index contributed by atoms with van der Waals surface area (Å²) in [4.78, 5) is 4.23. The van der Waals surface area contributed by atoms with Crippen molar-refractivity contribution in [1.82, 2.24) is 10.3 Å². The van der Waals surface area contributed by atoms with E-state index in [4.69, 9.17) is 39.5 Å². The lowest BCUT2D eigenvalue weighted by Crippen LogP contribution is -2.21. The molecule has 0 unspecified atom stereocenters. The van der Waals surface area contributed by atoms with Crippen molar-refractivity contribution in [3.63, 3.8) is 0 Å². The maximum absolute atomic E-state index is 6.19. The Bertz CT molecular complexity index is 632. The topological polar surface area (TPSA) is 34.2 Å². The molecule has 3 nitrogen and oxygen atoms in total. The summed E-state index contributed by atoms with van der Waals surface area (Å²) in [6.45, 7) is 4.86. The largest absolute Gasteiger partial charge is 0.436 e. The normalized spacial score (nSPS) is 11.0. The van der Waals surface area contributed by atoms with E-state index in [1.165, 1.54) is 0 Å². The van der Waals surface area contributed by atoms with Gasteiger partial charge in [-0.1, -0.05) is 48.7 Å². The third-order valence-electron chi connectivity index (χ3n) is 2.68. The number of rotatable bonds is 5. The van der Waals surface area contributed by atoms with Gasteiger partial charge in [-0.15, -0.1) is 0 Å². The minimum atomic E-state index is 0.314. The molecule has 2 aromatic rings. The minimum Gasteiger partial charge on any atom is -0.436 e. The van der Waals surface area contributed by atoms with E-state index in [1.807, 2.05) is 6.07 Å². The van der Waals surface area contributed by atoms with Gasteiger partial charge in [0.1, 0.15) is 10.8 Å². The molecule has 0 saturated heterocycles. The van der Waals surface area contributed by atoms with E-state index in [0.717, 1.165) is 5.56 Å². The number of nitrogens with one attached hydrogen (secondary N) is 1. The summed E-state index contributed by atoms with van der Waals surface area (Å²) in [5.74, 6) is 0.776. The number of pyridine rings is 1. The lowest BCUT2D eigenvalue weighted by atomic mass is 10.2. The Hall–Kier alpha value is -1.000. The summed E-state index contributed by atoms with van der Waals surface area (Å²) >= 11 is 18.1. The quantitative estimate of drug-likeness (QED) is 0.795. The number of aromatic nitrogens is 1. The van der Waals surface area contributed by atoms with Crippen LogP contribution in [0.1, 0.15) is 19.4 Å². The maximum Gasteiger partial charge on any atom is 0.238 e. The highest BCUT2D eigenvalue weighted by atomic mass is 35.5. The van der Waals surface area contributed by atoms with Gasteiger partial charge in [0, 0.05) is 23.8 Å². The fourth-order valence-corrected chi connectivity index (χ4v) is 2.30. The van der Waals surface area contributed by atoms with Gasteiger partial charge in [0.15, 0.2) is 0 Å². The van der Waals surface area contributed by atoms with Crippen LogP contribution < -0.4 is 10.1 Å². The molecule has 0 aliphatic heterocycles. The van der Waals surface area contributed by atoms with Crippen LogP contribution in [-0.4, -0.2) is 11.0 Å². The second-order valence-electron chi connectivity index (χ2n) is 4.84. The van der Waals surface area contributed by atoms with Crippen molar-refractivity contribution in [3.8, 4) is 11.6 Å². The summed E-state index contributed by atoms with van der Waals surface area (Å²) in [7, 11) is 0. The van der Waals surface area contributed by atoms with E-state index in [-0.39, 0.29) is 0 Å². The Balaban J connectivity index is 2.13. The lowest BCUT2D eigenvalue weighted by molar-refractivity contribution is 0.462. The second-order valence-corrected chi connectivity index (χ2v) is 6.09. The molecule has 0 atom stereocenters. The lowest BCUT2D eigenvalue weighted by Gasteiger charge is -2.11. The Morgan fingerprint density at radius 2 is 1.90 bits per heavy atom. The molecule has 0 radical (unpaired) electrons. The summed E-state index contributed by atoms with van der Waals surface area (Å²) < 4.78 is 5.62. The number of benzene rings is 1. The maximum atomic E-state index is 6.19. The predicted molar refractivity (Wildman–Crippen MR) is 87.8 cm³/mol. The van der Waals surface area contributed by atoms with Crippen LogP contribution in [0.25, 0.3) is 0 Å². The molecule has 1 N–H and O–H groups in total. The van der Waals surface area contributed by atoms with Crippen molar-refractivity contribution >= 4 is 34.8 Å². The SMILES string of the molecule is CC(C)NCc1cnc(Oc2ccc(Cl)cc2Cl)c(Cl)c1. The molecule has 112 valence electrons. The van der Waals surface area contributed by atoms with Crippen molar-refractivity contribution in [2.75, 3.05) is 0 Å². The molecule has 0 bridgehead atoms. The molecule has 2 rings (SSSR count). The number of hydrogen-bond acceptors (Lipinski definition) is 3. The Morgan fingerprint density at radius 3 is 2.52 bits per heavy atom. The van der Waals surface area contributed by atoms with E-state index >= 15 is 0 Å². The second kappa shape index (κ2) is 7.32. The molecular formula is C15H15Cl3N2O. The van der Waals surface area contributed by atoms with E-state index in [1.54, 1.807) is 24.4 Å². The van der Waals surface area contributed by atoms with E-state index in [9.17, 15) is 0 Å². The smallest absolute Gasteiger partial charge is 0.238 e. The van der Waals surface area contributed by atoms with Gasteiger partial charge >= 0.3 is 0 Å². The first kappa shape index (κ1) is 16.4. The van der Waals surface area contributed by atoms with Crippen LogP contribution in [0.2, 0.25) is 15.1 Å². The first-order chi connectivity index (χ1) is 9.95. The molecule has 1 aromatic heterocycles. The summed E-state index contributed by atoms with van der Waals surface area (Å²) in [5.41, 5.74) is 0.989. The average Bonchev–Trinajstić information content (AvgIpc) is 2.42. The predicted octanol–water partition coefficient (Wildman–Crippen LogP) is 5.33. The molecule has 0 aliphatic rings. The van der Waals surface area contributed by atoms with Crippen LogP contribution in [0, 0.1) is 0 Å². The monoisotopic (exact) mass is 344 g/mol. The third-order valence-corrected chi connectivity index (χ3v) is 3.48. The molecule has 0 amide bonds. The van der Waals surface area contributed by atoms with Crippen LogP contribution >= 0.6 is 34.8 Å². The molecule has 1 heterocycles. The van der Waals surface area contributed by atoms with Crippen molar-refractivity contribution in [2.45, 2.75) is 26.4 Å². The van der Waals surface area contributed by atoms with Crippen LogP contribution in [0.15, 0.2) is 30.5 Å². The number of nitrogens with zero attached hydrogens (tertiary/aromatic N) is 1. The summed E-state index contributed by atoms with van der Waals surface area (Å²) in [5, 5.41) is 4.68. The highest BCUT2D eigenvalue weighted by Crippen LogP contribution is 2.33. The zero-order valence-corrected chi connectivity index (χ0v) is 13.9. The van der Waals surface area contributed by atoms with E-state index < -0.39 is 0 Å². The van der Waals surface area contributed by atoms with Gasteiger partial charge in [-0.25, -0.2) is 4.98 Å². The van der Waals surface area contributed by atoms with Gasteiger partial charge < -0.3 is 10.1 Å². The molecule has 0 saturated carbocycles. The van der Waals surface area contributed by atoms with E-state index in [2.05, 4.69) is 24.1 Å². The molecule has 0 spiro atoms. The van der Waals surface area contributed by atoms with Crippen molar-refractivity contribution in [3.05, 3.63) is 51.1 Å². The van der Waals surface area contributed by atoms with Gasteiger partial charge in [-0.2, -0.15) is 0 Å². The minimum absolute atomic E-state index is 0.314. The van der Waals surface area contributed by atoms with Crippen molar-refractivity contribution < 1.29 is 4.74 Å². The molecule has 0 aliphatic carbocycles. The van der Waals surface area contributed by atoms with Gasteiger partial charge in [0.2, 0.25) is 5.88 Å². The highest BCUT2D eigenvalue weighted by molar-refractivity contribution is 6.35. The van der Waals surface area contributed by atoms with Crippen molar-refractivity contribution in [1.29, 1.82) is 0 Å². The average molecular weight is 346 g/mol. The first-order valence-corrected chi connectivity index (χ1v) is 7.60. The standard InChI is InChI=1S/C15H15Cl3N2O/c1-9(2)19-7-10-5-13(18)15(20-8-10)21-14-4-3-11(16)6-12(14)17/h3-6,8-9,19H,7H2,1-2H3. The van der Waals surface area contributed by atoms with E-state index in [0.29, 0.717) is 39.3 Å². The van der Waals surface area contributed by atoms with Gasteiger partial charge in [0.05, 0.1) is 5.02 Å². The van der Waals surface area contributed by atoms with Crippen LogP contribution in [0.4, 0.5) is 0 Å². The van der Waals surface area contributed by atoms with Crippen LogP contribution in [0.5, 0.6) is 11.6 Å². The fourth-order valence-electron chi connectivity index (χ4n) is 1.62. The zero-order valence-electron chi connectivity index (χ0n) is 11.7. The molecular weight excluding hydrogens is 331 g/mol. The molecule has 6 heteroatoms. The van der Waals surface area contributed by atoms with Gasteiger partial charge in [0.25, 0.3) is 0 Å². The summed E-state index contributed by atoms with van der Waals surface area (Å²) in [6, 6.07) is 7.19. The van der Waals surface area contributed by atoms with Gasteiger partial charge in [-0.05, 0) is 29.8 Å². The Morgan fingerprint density at radius 1 is 1.14 bits per heavy atom. The Labute approximate surface area is 139 Å². The number of halogens is 3. The zero-order chi connectivity index (χ0) is 15.4. The number of hydrogen-bond donors (Lipinski definition) is 1. The van der Waals surface area contributed by atoms with Crippen LogP contribution in [0.3, 0.4) is 0 Å². The van der Waals surface area contributed by atoms with Gasteiger partial charge in [-0.3, -0.25) is 0 Å². The summed E-state index contributed by atoms with van der Waals surface area (Å²) in [6.07, 6.45) is 1.72. The molecule has 1 aromatic carbocycles. The highest BCUT2D eigenvalue weighted by Gasteiger charge is 2.09. The van der Waals surface area contributed by atoms with Crippen LogP contribution in [-0.2, 0) is 6.54 Å². The number of ether oxygens (including phenoxy) is 1. The third kappa shape index (κ3) is 4.75. The fraction of sp³-hybridized carbons (Fsp3) is 0.267. The molecule has 0 fully saturated rings. The first-order valence-electron chi connectivity index (χ1n) is 6.46. The van der Waals surface area contributed by atoms with Crippen molar-refractivity contribution in [2.24, 2.45) is 0 Å². The Kier molecular flexibility index (Phi) is 5.71. The molecule has 21 heavy (non-hydrogen) atoms.